The summed E-state index contributed by atoms with van der Waals surface area (Å²) in [6.07, 6.45) is -4.98. The van der Waals surface area contributed by atoms with Crippen molar-refractivity contribution in [1.82, 2.24) is 9.13 Å². The summed E-state index contributed by atoms with van der Waals surface area (Å²) in [6, 6.07) is 14.5. The lowest BCUT2D eigenvalue weighted by molar-refractivity contribution is -0.199. The molecule has 0 spiro atoms. The van der Waals surface area contributed by atoms with Crippen molar-refractivity contribution < 1.29 is 27.4 Å². The van der Waals surface area contributed by atoms with Gasteiger partial charge in [0.2, 0.25) is 0 Å². The van der Waals surface area contributed by atoms with E-state index >= 15 is 0 Å². The van der Waals surface area contributed by atoms with Gasteiger partial charge in [-0.3, -0.25) is 13.9 Å². The number of halogens is 4. The first-order valence-corrected chi connectivity index (χ1v) is 12.6. The first kappa shape index (κ1) is 27.5. The monoisotopic (exact) mass is 566 g/mol. The summed E-state index contributed by atoms with van der Waals surface area (Å²) in [5.41, 5.74) is 1.13. The van der Waals surface area contributed by atoms with Gasteiger partial charge in [-0.05, 0) is 48.7 Å². The predicted molar refractivity (Wildman–Crippen MR) is 138 cm³/mol. The number of rotatable bonds is 8. The van der Waals surface area contributed by atoms with Crippen molar-refractivity contribution in [3.8, 4) is 10.8 Å². The minimum atomic E-state index is -5.12. The first-order valence-electron chi connectivity index (χ1n) is 11.4. The van der Waals surface area contributed by atoms with E-state index in [4.69, 9.17) is 16.3 Å². The number of alkyl halides is 3. The van der Waals surface area contributed by atoms with Crippen LogP contribution < -0.4 is 16.0 Å². The molecule has 0 atom stereocenters. The molecule has 0 saturated heterocycles. The highest BCUT2D eigenvalue weighted by atomic mass is 35.5. The summed E-state index contributed by atoms with van der Waals surface area (Å²) >= 11 is 7.18. The van der Waals surface area contributed by atoms with Gasteiger partial charge >= 0.3 is 17.8 Å². The van der Waals surface area contributed by atoms with Gasteiger partial charge < -0.3 is 9.47 Å². The number of hydrogen-bond donors (Lipinski definition) is 0. The maximum Gasteiger partial charge on any atom is 0.490 e. The Bertz CT molecular complexity index is 1610. The van der Waals surface area contributed by atoms with E-state index in [-0.39, 0.29) is 18.4 Å². The van der Waals surface area contributed by atoms with Crippen LogP contribution >= 0.6 is 22.9 Å². The second-order valence-electron chi connectivity index (χ2n) is 8.56. The standard InChI is InChI=1S/C26H22ClF3N2O5S/c1-15-5-3-6-18(13-15)37-23-19(14-16-7-9-17(27)10-8-16)20-21(33)32(25(35)31(2)22(20)38-23)11-4-12-36-24(34)26(28,29)30/h3,5-10,13H,4,11-12,14H2,1-2H3. The fourth-order valence-electron chi connectivity index (χ4n) is 3.88. The molecule has 0 saturated carbocycles. The van der Waals surface area contributed by atoms with Crippen molar-refractivity contribution in [3.63, 3.8) is 0 Å². The molecule has 0 fully saturated rings. The third-order valence-corrected chi connectivity index (χ3v) is 7.16. The maximum atomic E-state index is 13.6. The Kier molecular flexibility index (Phi) is 7.98. The molecule has 12 heteroatoms. The lowest BCUT2D eigenvalue weighted by Crippen LogP contribution is -2.39. The van der Waals surface area contributed by atoms with Crippen molar-refractivity contribution in [2.24, 2.45) is 7.05 Å². The van der Waals surface area contributed by atoms with Gasteiger partial charge in [0.15, 0.2) is 5.06 Å². The van der Waals surface area contributed by atoms with Gasteiger partial charge in [-0.15, -0.1) is 0 Å². The smallest absolute Gasteiger partial charge is 0.459 e. The maximum absolute atomic E-state index is 13.6. The summed E-state index contributed by atoms with van der Waals surface area (Å²) in [6.45, 7) is 1.08. The second kappa shape index (κ2) is 11.0. The van der Waals surface area contributed by atoms with E-state index < -0.39 is 30.0 Å². The highest BCUT2D eigenvalue weighted by Crippen LogP contribution is 2.39. The fraction of sp³-hybridized carbons (Fsp3) is 0.269. The molecule has 0 unspecified atom stereocenters. The molecule has 38 heavy (non-hydrogen) atoms. The van der Waals surface area contributed by atoms with Crippen LogP contribution in [0.15, 0.2) is 58.1 Å². The van der Waals surface area contributed by atoms with E-state index in [1.54, 1.807) is 18.2 Å². The van der Waals surface area contributed by atoms with Gasteiger partial charge in [0.25, 0.3) is 5.56 Å². The number of hydrogen-bond acceptors (Lipinski definition) is 6. The molecule has 0 amide bonds. The van der Waals surface area contributed by atoms with Crippen LogP contribution in [0.25, 0.3) is 10.2 Å². The van der Waals surface area contributed by atoms with Crippen LogP contribution in [0, 0.1) is 6.92 Å². The van der Waals surface area contributed by atoms with Crippen LogP contribution in [-0.2, 0) is 29.5 Å². The molecule has 4 aromatic rings. The topological polar surface area (TPSA) is 79.5 Å². The SMILES string of the molecule is Cc1cccc(Oc2sc3c(c2Cc2ccc(Cl)cc2)c(=O)n(CCCOC(=O)C(F)(F)F)c(=O)n3C)c1. The highest BCUT2D eigenvalue weighted by molar-refractivity contribution is 7.20. The van der Waals surface area contributed by atoms with Crippen molar-refractivity contribution >= 4 is 39.1 Å². The average molecular weight is 567 g/mol. The normalized spacial score (nSPS) is 11.6. The van der Waals surface area contributed by atoms with Crippen LogP contribution in [-0.4, -0.2) is 27.9 Å². The Balaban J connectivity index is 1.76. The van der Waals surface area contributed by atoms with Gasteiger partial charge in [0.1, 0.15) is 10.6 Å². The Morgan fingerprint density at radius 3 is 2.47 bits per heavy atom. The Hall–Kier alpha value is -3.57. The minimum absolute atomic E-state index is 0.161. The van der Waals surface area contributed by atoms with Crippen molar-refractivity contribution in [2.45, 2.75) is 32.5 Å². The lowest BCUT2D eigenvalue weighted by atomic mass is 10.1. The largest absolute Gasteiger partial charge is 0.490 e. The van der Waals surface area contributed by atoms with Crippen LogP contribution in [0.3, 0.4) is 0 Å². The Morgan fingerprint density at radius 2 is 1.82 bits per heavy atom. The molecule has 7 nitrogen and oxygen atoms in total. The minimum Gasteiger partial charge on any atom is -0.459 e. The molecule has 0 aliphatic heterocycles. The molecule has 0 bridgehead atoms. The van der Waals surface area contributed by atoms with E-state index in [1.165, 1.54) is 11.6 Å². The Morgan fingerprint density at radius 1 is 1.11 bits per heavy atom. The van der Waals surface area contributed by atoms with Crippen LogP contribution in [0.5, 0.6) is 10.8 Å². The predicted octanol–water partition coefficient (Wildman–Crippen LogP) is 5.60. The number of aromatic nitrogens is 2. The number of fused-ring (bicyclic) bond motifs is 1. The van der Waals surface area contributed by atoms with E-state index in [2.05, 4.69) is 4.74 Å². The number of aryl methyl sites for hydroxylation is 2. The molecular weight excluding hydrogens is 545 g/mol. The van der Waals surface area contributed by atoms with Gasteiger partial charge in [0, 0.05) is 30.6 Å². The van der Waals surface area contributed by atoms with Crippen molar-refractivity contribution in [1.29, 1.82) is 0 Å². The number of ether oxygens (including phenoxy) is 2. The molecular formula is C26H22ClF3N2O5S. The summed E-state index contributed by atoms with van der Waals surface area (Å²) in [5, 5.41) is 1.25. The number of thiophene rings is 1. The number of esters is 1. The van der Waals surface area contributed by atoms with E-state index in [1.807, 2.05) is 37.3 Å². The van der Waals surface area contributed by atoms with Crippen LogP contribution in [0.2, 0.25) is 5.02 Å². The van der Waals surface area contributed by atoms with Crippen molar-refractivity contribution in [2.75, 3.05) is 6.61 Å². The molecule has 0 aliphatic carbocycles. The van der Waals surface area contributed by atoms with Crippen LogP contribution in [0.4, 0.5) is 13.2 Å². The van der Waals surface area contributed by atoms with Gasteiger partial charge in [0.05, 0.1) is 12.0 Å². The molecule has 0 radical (unpaired) electrons. The number of carbonyl (C=O) groups excluding carboxylic acids is 1. The van der Waals surface area contributed by atoms with E-state index in [0.29, 0.717) is 32.7 Å². The highest BCUT2D eigenvalue weighted by Gasteiger charge is 2.40. The summed E-state index contributed by atoms with van der Waals surface area (Å²) in [5.74, 6) is -1.76. The molecule has 4 rings (SSSR count). The molecule has 2 heterocycles. The summed E-state index contributed by atoms with van der Waals surface area (Å²) < 4.78 is 49.8. The second-order valence-corrected chi connectivity index (χ2v) is 9.95. The summed E-state index contributed by atoms with van der Waals surface area (Å²) in [4.78, 5) is 37.9. The lowest BCUT2D eigenvalue weighted by Gasteiger charge is -2.11. The molecule has 200 valence electrons. The van der Waals surface area contributed by atoms with Gasteiger partial charge in [-0.25, -0.2) is 9.59 Å². The summed E-state index contributed by atoms with van der Waals surface area (Å²) in [7, 11) is 1.50. The van der Waals surface area contributed by atoms with Crippen molar-refractivity contribution in [3.05, 3.63) is 91.1 Å². The van der Waals surface area contributed by atoms with E-state index in [9.17, 15) is 27.6 Å². The zero-order valence-corrected chi connectivity index (χ0v) is 21.9. The Labute approximate surface area is 223 Å². The number of benzene rings is 2. The van der Waals surface area contributed by atoms with Gasteiger partial charge in [-0.2, -0.15) is 13.2 Å². The van der Waals surface area contributed by atoms with E-state index in [0.717, 1.165) is 27.0 Å². The molecule has 2 aromatic carbocycles. The fourth-order valence-corrected chi connectivity index (χ4v) is 5.14. The quantitative estimate of drug-likeness (QED) is 0.205. The first-order chi connectivity index (χ1) is 18.0. The average Bonchev–Trinajstić information content (AvgIpc) is 3.20. The zero-order valence-electron chi connectivity index (χ0n) is 20.3. The molecule has 0 N–H and O–H groups in total. The third kappa shape index (κ3) is 5.94. The number of nitrogens with zero attached hydrogens (tertiary/aromatic N) is 2. The number of carbonyl (C=O) groups is 1. The zero-order chi connectivity index (χ0) is 27.6. The van der Waals surface area contributed by atoms with Gasteiger partial charge in [-0.1, -0.05) is 47.2 Å². The molecule has 2 aromatic heterocycles. The third-order valence-electron chi connectivity index (χ3n) is 5.72. The van der Waals surface area contributed by atoms with Crippen LogP contribution in [0.1, 0.15) is 23.1 Å². The molecule has 0 aliphatic rings.